The van der Waals surface area contributed by atoms with Gasteiger partial charge in [0.1, 0.15) is 6.54 Å². The maximum absolute atomic E-state index is 10.8. The van der Waals surface area contributed by atoms with E-state index < -0.39 is 0 Å². The van der Waals surface area contributed by atoms with Gasteiger partial charge in [-0.05, 0) is 13.8 Å². The highest BCUT2D eigenvalue weighted by Crippen LogP contribution is 1.96. The molecule has 1 amide bonds. The van der Waals surface area contributed by atoms with Crippen LogP contribution in [0.2, 0.25) is 0 Å². The summed E-state index contributed by atoms with van der Waals surface area (Å²) in [6, 6.07) is 2.06. The van der Waals surface area contributed by atoms with Gasteiger partial charge in [0.25, 0.3) is 0 Å². The first-order valence-electron chi connectivity index (χ1n) is 5.23. The molecule has 0 aliphatic carbocycles. The standard InChI is InChI=1S/C7H12N2O.2C2H6/c1-6(2)9(5-4-8)7(3)10;2*1-2/h6H,5H2,1-3H3;2*1-2H3. The fourth-order valence-electron chi connectivity index (χ4n) is 0.734. The molecule has 0 atom stereocenters. The molecule has 0 fully saturated rings. The second kappa shape index (κ2) is 14.5. The van der Waals surface area contributed by atoms with Crippen molar-refractivity contribution in [2.24, 2.45) is 0 Å². The minimum absolute atomic E-state index is 0.0449. The first-order chi connectivity index (χ1) is 6.59. The number of nitriles is 1. The van der Waals surface area contributed by atoms with Crippen LogP contribution in [0, 0.1) is 11.3 Å². The fraction of sp³-hybridized carbons (Fsp3) is 0.818. The lowest BCUT2D eigenvalue weighted by molar-refractivity contribution is -0.129. The van der Waals surface area contributed by atoms with Gasteiger partial charge in [0.15, 0.2) is 0 Å². The Bertz CT molecular complexity index is 159. The summed E-state index contributed by atoms with van der Waals surface area (Å²) in [4.78, 5) is 12.3. The molecule has 0 unspecified atom stereocenters. The molecule has 0 heterocycles. The summed E-state index contributed by atoms with van der Waals surface area (Å²) in [5.74, 6) is -0.0449. The molecule has 14 heavy (non-hydrogen) atoms. The number of carbonyl (C=O) groups excluding carboxylic acids is 1. The molecule has 3 heteroatoms. The van der Waals surface area contributed by atoms with Crippen molar-refractivity contribution < 1.29 is 4.79 Å². The predicted molar refractivity (Wildman–Crippen MR) is 60.8 cm³/mol. The molecule has 0 spiro atoms. The van der Waals surface area contributed by atoms with Crippen LogP contribution in [0.25, 0.3) is 0 Å². The predicted octanol–water partition coefficient (Wildman–Crippen LogP) is 2.82. The monoisotopic (exact) mass is 200 g/mol. The van der Waals surface area contributed by atoms with Crippen molar-refractivity contribution in [1.29, 1.82) is 5.26 Å². The summed E-state index contributed by atoms with van der Waals surface area (Å²) in [7, 11) is 0. The van der Waals surface area contributed by atoms with Crippen LogP contribution in [0.3, 0.4) is 0 Å². The average molecular weight is 200 g/mol. The van der Waals surface area contributed by atoms with Crippen molar-refractivity contribution in [1.82, 2.24) is 4.90 Å². The minimum atomic E-state index is -0.0449. The third-order valence-electron chi connectivity index (χ3n) is 1.27. The van der Waals surface area contributed by atoms with Crippen molar-refractivity contribution in [3.8, 4) is 6.07 Å². The third kappa shape index (κ3) is 11.0. The summed E-state index contributed by atoms with van der Waals surface area (Å²) in [6.45, 7) is 13.4. The molecule has 0 aromatic carbocycles. The van der Waals surface area contributed by atoms with Gasteiger partial charge in [0.2, 0.25) is 5.91 Å². The van der Waals surface area contributed by atoms with Gasteiger partial charge in [0, 0.05) is 13.0 Å². The molecule has 0 N–H and O–H groups in total. The quantitative estimate of drug-likeness (QED) is 0.643. The summed E-state index contributed by atoms with van der Waals surface area (Å²) in [5.41, 5.74) is 0. The SMILES string of the molecule is CC.CC.CC(=O)N(CC#N)C(C)C. The number of nitrogens with zero attached hydrogens (tertiary/aromatic N) is 2. The molecule has 0 rings (SSSR count). The number of rotatable bonds is 2. The van der Waals surface area contributed by atoms with E-state index in [0.29, 0.717) is 0 Å². The molecular formula is C11H24N2O. The van der Waals surface area contributed by atoms with Crippen LogP contribution in [0.5, 0.6) is 0 Å². The zero-order chi connectivity index (χ0) is 12.1. The molecule has 0 aliphatic heterocycles. The largest absolute Gasteiger partial charge is 0.327 e. The Morgan fingerprint density at radius 2 is 1.64 bits per heavy atom. The maximum Gasteiger partial charge on any atom is 0.220 e. The lowest BCUT2D eigenvalue weighted by Crippen LogP contribution is -2.35. The van der Waals surface area contributed by atoms with Crippen molar-refractivity contribution >= 4 is 5.91 Å². The average Bonchev–Trinajstić information content (AvgIpc) is 2.19. The highest BCUT2D eigenvalue weighted by molar-refractivity contribution is 5.73. The Balaban J connectivity index is -0.000000266. The van der Waals surface area contributed by atoms with Gasteiger partial charge in [-0.15, -0.1) is 0 Å². The molecule has 0 radical (unpaired) electrons. The van der Waals surface area contributed by atoms with Gasteiger partial charge in [-0.1, -0.05) is 27.7 Å². The van der Waals surface area contributed by atoms with Crippen LogP contribution < -0.4 is 0 Å². The van der Waals surface area contributed by atoms with Crippen LogP contribution in [0.1, 0.15) is 48.5 Å². The molecule has 0 aromatic rings. The van der Waals surface area contributed by atoms with Crippen LogP contribution in [-0.4, -0.2) is 23.4 Å². The van der Waals surface area contributed by atoms with Crippen LogP contribution in [0.15, 0.2) is 0 Å². The second-order valence-electron chi connectivity index (χ2n) is 2.40. The first kappa shape index (κ1) is 18.7. The smallest absolute Gasteiger partial charge is 0.220 e. The summed E-state index contributed by atoms with van der Waals surface area (Å²) in [5, 5.41) is 8.29. The van der Waals surface area contributed by atoms with Crippen LogP contribution in [-0.2, 0) is 4.79 Å². The molecule has 3 nitrogen and oxygen atoms in total. The first-order valence-corrected chi connectivity index (χ1v) is 5.23. The van der Waals surface area contributed by atoms with Crippen molar-refractivity contribution in [3.63, 3.8) is 0 Å². The minimum Gasteiger partial charge on any atom is -0.327 e. The zero-order valence-corrected chi connectivity index (χ0v) is 10.6. The van der Waals surface area contributed by atoms with Crippen molar-refractivity contribution in [2.75, 3.05) is 6.54 Å². The second-order valence-corrected chi connectivity index (χ2v) is 2.40. The highest BCUT2D eigenvalue weighted by Gasteiger charge is 2.10. The lowest BCUT2D eigenvalue weighted by atomic mass is 10.3. The van der Waals surface area contributed by atoms with E-state index in [-0.39, 0.29) is 18.5 Å². The molecule has 84 valence electrons. The third-order valence-corrected chi connectivity index (χ3v) is 1.27. The van der Waals surface area contributed by atoms with E-state index in [1.165, 1.54) is 11.8 Å². The fourth-order valence-corrected chi connectivity index (χ4v) is 0.734. The van der Waals surface area contributed by atoms with E-state index in [1.807, 2.05) is 47.6 Å². The van der Waals surface area contributed by atoms with E-state index in [9.17, 15) is 4.79 Å². The Labute approximate surface area is 88.7 Å². The molecule has 0 bridgehead atoms. The Hall–Kier alpha value is -1.04. The van der Waals surface area contributed by atoms with E-state index in [1.54, 1.807) is 0 Å². The molecule has 0 aromatic heterocycles. The lowest BCUT2D eigenvalue weighted by Gasteiger charge is -2.21. The van der Waals surface area contributed by atoms with Crippen molar-refractivity contribution in [2.45, 2.75) is 54.5 Å². The Kier molecular flexibility index (Phi) is 19.3. The van der Waals surface area contributed by atoms with E-state index in [0.717, 1.165) is 0 Å². The normalized spacial score (nSPS) is 7.36. The van der Waals surface area contributed by atoms with Crippen LogP contribution >= 0.6 is 0 Å². The molecular weight excluding hydrogens is 176 g/mol. The summed E-state index contributed by atoms with van der Waals surface area (Å²) >= 11 is 0. The van der Waals surface area contributed by atoms with E-state index in [4.69, 9.17) is 5.26 Å². The Morgan fingerprint density at radius 3 is 1.71 bits per heavy atom. The van der Waals surface area contributed by atoms with Crippen molar-refractivity contribution in [3.05, 3.63) is 0 Å². The Morgan fingerprint density at radius 1 is 1.29 bits per heavy atom. The summed E-state index contributed by atoms with van der Waals surface area (Å²) in [6.07, 6.45) is 0. The van der Waals surface area contributed by atoms with Gasteiger partial charge in [-0.3, -0.25) is 4.79 Å². The van der Waals surface area contributed by atoms with Crippen LogP contribution in [0.4, 0.5) is 0 Å². The van der Waals surface area contributed by atoms with E-state index >= 15 is 0 Å². The number of amides is 1. The topological polar surface area (TPSA) is 44.1 Å². The van der Waals surface area contributed by atoms with Gasteiger partial charge in [0.05, 0.1) is 6.07 Å². The zero-order valence-electron chi connectivity index (χ0n) is 10.6. The molecule has 0 aliphatic rings. The van der Waals surface area contributed by atoms with Gasteiger partial charge < -0.3 is 4.90 Å². The molecule has 0 saturated carbocycles. The maximum atomic E-state index is 10.8. The number of hydrogen-bond acceptors (Lipinski definition) is 2. The van der Waals surface area contributed by atoms with Gasteiger partial charge in [-0.25, -0.2) is 0 Å². The molecule has 0 saturated heterocycles. The number of carbonyl (C=O) groups is 1. The van der Waals surface area contributed by atoms with Gasteiger partial charge in [-0.2, -0.15) is 5.26 Å². The highest BCUT2D eigenvalue weighted by atomic mass is 16.2. The summed E-state index contributed by atoms with van der Waals surface area (Å²) < 4.78 is 0. The number of hydrogen-bond donors (Lipinski definition) is 0. The van der Waals surface area contributed by atoms with E-state index in [2.05, 4.69) is 0 Å². The van der Waals surface area contributed by atoms with Gasteiger partial charge >= 0.3 is 0 Å².